The molecule has 25 heavy (non-hydrogen) atoms. The van der Waals surface area contributed by atoms with E-state index in [4.69, 9.17) is 10.5 Å². The van der Waals surface area contributed by atoms with Crippen molar-refractivity contribution >= 4 is 17.2 Å². The van der Waals surface area contributed by atoms with E-state index in [0.29, 0.717) is 28.4 Å². The predicted octanol–water partition coefficient (Wildman–Crippen LogP) is 4.55. The second-order valence-corrected chi connectivity index (χ2v) is 5.30. The molecule has 0 heterocycles. The third-order valence-corrected chi connectivity index (χ3v) is 3.36. The fourth-order valence-corrected chi connectivity index (χ4v) is 1.81. The second-order valence-electron chi connectivity index (χ2n) is 5.30. The lowest BCUT2D eigenvalue weighted by Crippen LogP contribution is -2.06. The van der Waals surface area contributed by atoms with Gasteiger partial charge in [0.05, 0.1) is 17.1 Å². The van der Waals surface area contributed by atoms with Crippen molar-refractivity contribution in [2.45, 2.75) is 27.7 Å². The molecular formula is C20H23FN2O2. The van der Waals surface area contributed by atoms with Crippen LogP contribution in [0.4, 0.5) is 4.39 Å². The Bertz CT molecular complexity index is 787. The molecule has 1 rings (SSSR count). The quantitative estimate of drug-likeness (QED) is 0.449. The first kappa shape index (κ1) is 20.1. The molecule has 0 aromatic heterocycles. The van der Waals surface area contributed by atoms with Gasteiger partial charge in [0.25, 0.3) is 0 Å². The minimum absolute atomic E-state index is 0.0632. The average Bonchev–Trinajstić information content (AvgIpc) is 2.58. The van der Waals surface area contributed by atoms with E-state index in [1.165, 1.54) is 25.1 Å². The van der Waals surface area contributed by atoms with Crippen molar-refractivity contribution in [3.63, 3.8) is 0 Å². The maximum atomic E-state index is 14.3. The zero-order valence-electron chi connectivity index (χ0n) is 15.0. The van der Waals surface area contributed by atoms with Crippen LogP contribution in [0.2, 0.25) is 0 Å². The summed E-state index contributed by atoms with van der Waals surface area (Å²) in [5, 5.41) is 0. The van der Waals surface area contributed by atoms with E-state index in [1.54, 1.807) is 32.1 Å². The number of nitrogens with two attached hydrogens (primary N) is 1. The first-order chi connectivity index (χ1) is 11.8. The zero-order chi connectivity index (χ0) is 19.0. The largest absolute Gasteiger partial charge is 0.454 e. The number of benzene rings is 1. The Hall–Kier alpha value is -2.95. The Labute approximate surface area is 147 Å². The summed E-state index contributed by atoms with van der Waals surface area (Å²) in [4.78, 5) is 15.4. The molecule has 0 amide bonds. The number of allylic oxidation sites excluding steroid dienone is 5. The minimum atomic E-state index is -0.561. The summed E-state index contributed by atoms with van der Waals surface area (Å²) in [6.07, 6.45) is 6.76. The second kappa shape index (κ2) is 9.37. The highest BCUT2D eigenvalue weighted by Crippen LogP contribution is 2.24. The van der Waals surface area contributed by atoms with Gasteiger partial charge in [0.1, 0.15) is 5.76 Å². The summed E-state index contributed by atoms with van der Waals surface area (Å²) >= 11 is 0. The number of aliphatic imine (C=N–C) groups is 1. The molecule has 132 valence electrons. The third kappa shape index (κ3) is 5.88. The van der Waals surface area contributed by atoms with Gasteiger partial charge in [-0.2, -0.15) is 0 Å². The number of Topliss-reactive ketones (excluding diaryl/α,β-unsaturated/α-hetero) is 1. The number of ketones is 1. The van der Waals surface area contributed by atoms with E-state index in [9.17, 15) is 9.18 Å². The summed E-state index contributed by atoms with van der Waals surface area (Å²) < 4.78 is 19.8. The van der Waals surface area contributed by atoms with Crippen molar-refractivity contribution in [1.82, 2.24) is 0 Å². The number of carbonyl (C=O) groups excluding carboxylic acids is 1. The Kier molecular flexibility index (Phi) is 7.53. The van der Waals surface area contributed by atoms with E-state index in [1.807, 2.05) is 13.0 Å². The third-order valence-electron chi connectivity index (χ3n) is 3.36. The molecule has 0 aliphatic carbocycles. The molecule has 0 radical (unpaired) electrons. The van der Waals surface area contributed by atoms with Crippen LogP contribution < -0.4 is 10.5 Å². The van der Waals surface area contributed by atoms with Crippen molar-refractivity contribution in [1.29, 1.82) is 0 Å². The van der Waals surface area contributed by atoms with Gasteiger partial charge >= 0.3 is 0 Å². The van der Waals surface area contributed by atoms with Gasteiger partial charge in [-0.15, -0.1) is 0 Å². The van der Waals surface area contributed by atoms with Crippen molar-refractivity contribution < 1.29 is 13.9 Å². The molecule has 0 saturated heterocycles. The number of nitrogens with zero attached hydrogens (tertiary/aromatic N) is 1. The SMILES string of the molecule is C=C/C(=C\C=C/C)Oc1ccc(/C(N)=C(\C)N=C(C)C(C)=O)cc1F. The van der Waals surface area contributed by atoms with Crippen molar-refractivity contribution in [3.05, 3.63) is 71.9 Å². The standard InChI is InChI=1S/C20H23FN2O2/c1-6-8-9-17(7-2)25-19-11-10-16(12-18(19)21)20(22)14(4)23-13(3)15(5)24/h6-12H,2,22H2,1,3-5H3/b8-6-,17-9+,20-14-,23-13?. The summed E-state index contributed by atoms with van der Waals surface area (Å²) in [5.74, 6) is -0.222. The topological polar surface area (TPSA) is 64.7 Å². The molecule has 0 fully saturated rings. The van der Waals surface area contributed by atoms with E-state index in [-0.39, 0.29) is 11.5 Å². The monoisotopic (exact) mass is 342 g/mol. The van der Waals surface area contributed by atoms with Crippen LogP contribution in [0.25, 0.3) is 5.70 Å². The minimum Gasteiger partial charge on any atom is -0.454 e. The number of ether oxygens (including phenoxy) is 1. The highest BCUT2D eigenvalue weighted by atomic mass is 19.1. The van der Waals surface area contributed by atoms with Gasteiger partial charge in [-0.1, -0.05) is 18.7 Å². The first-order valence-electron chi connectivity index (χ1n) is 7.75. The summed E-state index contributed by atoms with van der Waals surface area (Å²) in [5.41, 5.74) is 7.55. The van der Waals surface area contributed by atoms with E-state index in [0.717, 1.165) is 0 Å². The molecule has 0 bridgehead atoms. The lowest BCUT2D eigenvalue weighted by Gasteiger charge is -2.10. The summed E-state index contributed by atoms with van der Waals surface area (Å²) in [7, 11) is 0. The summed E-state index contributed by atoms with van der Waals surface area (Å²) in [6.45, 7) is 10.2. The number of halogens is 1. The van der Waals surface area contributed by atoms with Gasteiger partial charge in [0.15, 0.2) is 17.3 Å². The highest BCUT2D eigenvalue weighted by Gasteiger charge is 2.10. The van der Waals surface area contributed by atoms with Gasteiger partial charge in [0.2, 0.25) is 0 Å². The van der Waals surface area contributed by atoms with Crippen LogP contribution in [-0.2, 0) is 4.79 Å². The molecular weight excluding hydrogens is 319 g/mol. The van der Waals surface area contributed by atoms with Crippen LogP contribution in [-0.4, -0.2) is 11.5 Å². The van der Waals surface area contributed by atoms with Gasteiger partial charge in [-0.3, -0.25) is 9.79 Å². The molecule has 0 spiro atoms. The zero-order valence-corrected chi connectivity index (χ0v) is 15.0. The number of rotatable bonds is 7. The predicted molar refractivity (Wildman–Crippen MR) is 101 cm³/mol. The molecule has 0 aliphatic heterocycles. The summed E-state index contributed by atoms with van der Waals surface area (Å²) in [6, 6.07) is 4.38. The van der Waals surface area contributed by atoms with E-state index in [2.05, 4.69) is 11.6 Å². The van der Waals surface area contributed by atoms with Crippen molar-refractivity contribution in [2.24, 2.45) is 10.7 Å². The van der Waals surface area contributed by atoms with Crippen LogP contribution in [0.3, 0.4) is 0 Å². The molecule has 0 aliphatic rings. The average molecular weight is 342 g/mol. The maximum absolute atomic E-state index is 14.3. The van der Waals surface area contributed by atoms with Crippen molar-refractivity contribution in [3.8, 4) is 5.75 Å². The van der Waals surface area contributed by atoms with Crippen LogP contribution in [0.15, 0.2) is 65.5 Å². The molecule has 5 heteroatoms. The van der Waals surface area contributed by atoms with Gasteiger partial charge in [-0.05, 0) is 51.1 Å². The van der Waals surface area contributed by atoms with Crippen LogP contribution in [0.5, 0.6) is 5.75 Å². The van der Waals surface area contributed by atoms with Crippen molar-refractivity contribution in [2.75, 3.05) is 0 Å². The molecule has 1 aromatic carbocycles. The Morgan fingerprint density at radius 3 is 2.52 bits per heavy atom. The van der Waals surface area contributed by atoms with E-state index < -0.39 is 5.82 Å². The Balaban J connectivity index is 3.15. The maximum Gasteiger partial charge on any atom is 0.173 e. The van der Waals surface area contributed by atoms with Gasteiger partial charge < -0.3 is 10.5 Å². The number of hydrogen-bond donors (Lipinski definition) is 1. The van der Waals surface area contributed by atoms with Gasteiger partial charge in [0, 0.05) is 12.5 Å². The molecule has 1 aromatic rings. The fourth-order valence-electron chi connectivity index (χ4n) is 1.81. The van der Waals surface area contributed by atoms with E-state index >= 15 is 0 Å². The number of hydrogen-bond acceptors (Lipinski definition) is 4. The molecule has 2 N–H and O–H groups in total. The molecule has 0 atom stereocenters. The van der Waals surface area contributed by atoms with Crippen LogP contribution in [0, 0.1) is 5.82 Å². The lowest BCUT2D eigenvalue weighted by molar-refractivity contribution is -0.111. The first-order valence-corrected chi connectivity index (χ1v) is 7.75. The van der Waals surface area contributed by atoms with Crippen LogP contribution >= 0.6 is 0 Å². The number of carbonyl (C=O) groups is 1. The van der Waals surface area contributed by atoms with Gasteiger partial charge in [-0.25, -0.2) is 4.39 Å². The molecule has 4 nitrogen and oxygen atoms in total. The highest BCUT2D eigenvalue weighted by molar-refractivity contribution is 6.38. The Morgan fingerprint density at radius 2 is 2.00 bits per heavy atom. The fraction of sp³-hybridized carbons (Fsp3) is 0.200. The Morgan fingerprint density at radius 1 is 1.32 bits per heavy atom. The lowest BCUT2D eigenvalue weighted by atomic mass is 10.1. The smallest absolute Gasteiger partial charge is 0.173 e. The van der Waals surface area contributed by atoms with Crippen LogP contribution in [0.1, 0.15) is 33.3 Å². The molecule has 0 saturated carbocycles. The molecule has 0 unspecified atom stereocenters. The normalized spacial score (nSPS) is 13.6.